The molecule has 0 saturated heterocycles. The molecule has 0 aliphatic carbocycles. The first kappa shape index (κ1) is 16.3. The Bertz CT molecular complexity index is 945. The van der Waals surface area contributed by atoms with E-state index in [4.69, 9.17) is 16.3 Å². The minimum absolute atomic E-state index is 0.0774. The molecule has 0 radical (unpaired) electrons. The van der Waals surface area contributed by atoms with E-state index in [1.807, 2.05) is 36.4 Å². The number of fused-ring (bicyclic) bond motifs is 1. The van der Waals surface area contributed by atoms with Crippen molar-refractivity contribution in [3.63, 3.8) is 0 Å². The second kappa shape index (κ2) is 6.89. The Hall–Kier alpha value is -2.59. The number of esters is 1. The summed E-state index contributed by atoms with van der Waals surface area (Å²) in [5.74, 6) is -0.423. The topological polar surface area (TPSA) is 59.2 Å². The van der Waals surface area contributed by atoms with E-state index in [-0.39, 0.29) is 18.6 Å². The molecule has 1 aromatic heterocycles. The lowest BCUT2D eigenvalue weighted by Crippen LogP contribution is -2.19. The lowest BCUT2D eigenvalue weighted by Gasteiger charge is -2.13. The maximum atomic E-state index is 12.5. The Morgan fingerprint density at radius 2 is 1.83 bits per heavy atom. The van der Waals surface area contributed by atoms with Crippen molar-refractivity contribution in [2.45, 2.75) is 13.3 Å². The maximum absolute atomic E-state index is 12.5. The molecule has 122 valence electrons. The molecule has 0 atom stereocenters. The van der Waals surface area contributed by atoms with E-state index < -0.39 is 5.97 Å². The van der Waals surface area contributed by atoms with Crippen LogP contribution in [0.2, 0.25) is 5.02 Å². The van der Waals surface area contributed by atoms with Gasteiger partial charge in [0.15, 0.2) is 0 Å². The number of hydrogen-bond donors (Lipinski definition) is 1. The second-order valence-corrected chi connectivity index (χ2v) is 5.78. The number of H-pyrrole nitrogens is 1. The number of rotatable bonds is 4. The van der Waals surface area contributed by atoms with Gasteiger partial charge in [0.1, 0.15) is 0 Å². The predicted molar refractivity (Wildman–Crippen MR) is 95.4 cm³/mol. The van der Waals surface area contributed by atoms with E-state index >= 15 is 0 Å². The van der Waals surface area contributed by atoms with Gasteiger partial charge in [-0.15, -0.1) is 0 Å². The molecular weight excluding hydrogens is 326 g/mol. The quantitative estimate of drug-likeness (QED) is 0.731. The highest BCUT2D eigenvalue weighted by Gasteiger charge is 2.17. The Morgan fingerprint density at radius 3 is 2.54 bits per heavy atom. The van der Waals surface area contributed by atoms with Crippen LogP contribution < -0.4 is 5.56 Å². The van der Waals surface area contributed by atoms with Crippen LogP contribution in [0.3, 0.4) is 0 Å². The number of hydrogen-bond acceptors (Lipinski definition) is 3. The van der Waals surface area contributed by atoms with E-state index in [0.29, 0.717) is 10.6 Å². The summed E-state index contributed by atoms with van der Waals surface area (Å²) >= 11 is 5.97. The van der Waals surface area contributed by atoms with E-state index in [1.54, 1.807) is 19.1 Å². The second-order valence-electron chi connectivity index (χ2n) is 5.34. The van der Waals surface area contributed by atoms with Crippen LogP contribution in [0.5, 0.6) is 0 Å². The van der Waals surface area contributed by atoms with Gasteiger partial charge < -0.3 is 9.72 Å². The molecule has 0 bridgehead atoms. The van der Waals surface area contributed by atoms with Crippen LogP contribution in [0.4, 0.5) is 0 Å². The fourth-order valence-corrected chi connectivity index (χ4v) is 2.88. The van der Waals surface area contributed by atoms with Gasteiger partial charge in [0, 0.05) is 27.1 Å². The van der Waals surface area contributed by atoms with Gasteiger partial charge in [0.25, 0.3) is 5.56 Å². The molecule has 4 nitrogen and oxygen atoms in total. The van der Waals surface area contributed by atoms with Gasteiger partial charge in [-0.05, 0) is 30.7 Å². The van der Waals surface area contributed by atoms with Gasteiger partial charge in [0.05, 0.1) is 13.0 Å². The van der Waals surface area contributed by atoms with Crippen molar-refractivity contribution in [2.75, 3.05) is 6.61 Å². The average molecular weight is 342 g/mol. The van der Waals surface area contributed by atoms with Crippen molar-refractivity contribution in [2.24, 2.45) is 0 Å². The normalized spacial score (nSPS) is 10.8. The summed E-state index contributed by atoms with van der Waals surface area (Å²) in [5.41, 5.74) is 2.40. The average Bonchev–Trinajstić information content (AvgIpc) is 2.57. The number of halogens is 1. The van der Waals surface area contributed by atoms with Crippen molar-refractivity contribution in [3.05, 3.63) is 69.5 Å². The highest BCUT2D eigenvalue weighted by atomic mass is 35.5. The third-order valence-corrected chi connectivity index (χ3v) is 4.03. The van der Waals surface area contributed by atoms with E-state index in [9.17, 15) is 9.59 Å². The minimum atomic E-state index is -0.423. The van der Waals surface area contributed by atoms with Crippen molar-refractivity contribution in [1.29, 1.82) is 0 Å². The SMILES string of the molecule is CCOC(=O)Cc1c(-c2ccc(Cl)cc2)c2ccccc2[nH]c1=O. The number of carbonyl (C=O) groups is 1. The molecule has 0 spiro atoms. The first-order valence-electron chi connectivity index (χ1n) is 7.65. The predicted octanol–water partition coefficient (Wildman–Crippen LogP) is 3.95. The third-order valence-electron chi connectivity index (χ3n) is 3.78. The summed E-state index contributed by atoms with van der Waals surface area (Å²) in [5, 5.41) is 1.48. The highest BCUT2D eigenvalue weighted by Crippen LogP contribution is 2.30. The van der Waals surface area contributed by atoms with Crippen molar-refractivity contribution >= 4 is 28.5 Å². The lowest BCUT2D eigenvalue weighted by molar-refractivity contribution is -0.142. The number of aromatic amines is 1. The van der Waals surface area contributed by atoms with Gasteiger partial charge in [-0.25, -0.2) is 0 Å². The molecule has 0 aliphatic rings. The van der Waals surface area contributed by atoms with Crippen LogP contribution >= 0.6 is 11.6 Å². The van der Waals surface area contributed by atoms with Crippen LogP contribution in [0.1, 0.15) is 12.5 Å². The molecule has 2 aromatic carbocycles. The summed E-state index contributed by atoms with van der Waals surface area (Å²) in [4.78, 5) is 27.3. The standard InChI is InChI=1S/C19H16ClNO3/c1-2-24-17(22)11-15-18(12-7-9-13(20)10-8-12)14-5-3-4-6-16(14)21-19(15)23/h3-10H,2,11H2,1H3,(H,21,23). The first-order chi connectivity index (χ1) is 11.6. The van der Waals surface area contributed by atoms with Gasteiger partial charge in [-0.2, -0.15) is 0 Å². The van der Waals surface area contributed by atoms with Crippen LogP contribution in [-0.2, 0) is 16.0 Å². The fourth-order valence-electron chi connectivity index (χ4n) is 2.76. The van der Waals surface area contributed by atoms with Gasteiger partial charge in [0.2, 0.25) is 0 Å². The summed E-state index contributed by atoms with van der Waals surface area (Å²) in [6.07, 6.45) is -0.0774. The number of nitrogens with one attached hydrogen (secondary N) is 1. The van der Waals surface area contributed by atoms with E-state index in [2.05, 4.69) is 4.98 Å². The Morgan fingerprint density at radius 1 is 1.12 bits per heavy atom. The zero-order valence-corrected chi connectivity index (χ0v) is 13.9. The molecule has 0 unspecified atom stereocenters. The Balaban J connectivity index is 2.27. The smallest absolute Gasteiger partial charge is 0.310 e. The molecular formula is C19H16ClNO3. The number of benzene rings is 2. The van der Waals surface area contributed by atoms with Crippen LogP contribution in [-0.4, -0.2) is 17.6 Å². The van der Waals surface area contributed by atoms with E-state index in [0.717, 1.165) is 22.0 Å². The number of aromatic nitrogens is 1. The number of pyridine rings is 1. The maximum Gasteiger partial charge on any atom is 0.310 e. The molecule has 24 heavy (non-hydrogen) atoms. The summed E-state index contributed by atoms with van der Waals surface area (Å²) in [6.45, 7) is 2.02. The molecule has 3 aromatic rings. The highest BCUT2D eigenvalue weighted by molar-refractivity contribution is 6.30. The van der Waals surface area contributed by atoms with Crippen molar-refractivity contribution < 1.29 is 9.53 Å². The molecule has 0 aliphatic heterocycles. The molecule has 1 heterocycles. The Kier molecular flexibility index (Phi) is 4.67. The summed E-state index contributed by atoms with van der Waals surface area (Å²) < 4.78 is 5.01. The number of ether oxygens (including phenoxy) is 1. The van der Waals surface area contributed by atoms with E-state index in [1.165, 1.54) is 0 Å². The van der Waals surface area contributed by atoms with Gasteiger partial charge in [-0.3, -0.25) is 9.59 Å². The van der Waals surface area contributed by atoms with Crippen molar-refractivity contribution in [3.8, 4) is 11.1 Å². The molecule has 5 heteroatoms. The molecule has 0 saturated carbocycles. The Labute approximate surface area is 144 Å². The van der Waals surface area contributed by atoms with Crippen LogP contribution in [0.15, 0.2) is 53.3 Å². The molecule has 3 rings (SSSR count). The van der Waals surface area contributed by atoms with Gasteiger partial charge >= 0.3 is 5.97 Å². The minimum Gasteiger partial charge on any atom is -0.466 e. The largest absolute Gasteiger partial charge is 0.466 e. The third kappa shape index (κ3) is 3.19. The fraction of sp³-hybridized carbons (Fsp3) is 0.158. The van der Waals surface area contributed by atoms with Gasteiger partial charge in [-0.1, -0.05) is 41.9 Å². The number of carbonyl (C=O) groups excluding carboxylic acids is 1. The zero-order valence-electron chi connectivity index (χ0n) is 13.1. The summed E-state index contributed by atoms with van der Waals surface area (Å²) in [6, 6.07) is 14.7. The summed E-state index contributed by atoms with van der Waals surface area (Å²) in [7, 11) is 0. The molecule has 1 N–H and O–H groups in total. The van der Waals surface area contributed by atoms with Crippen LogP contribution in [0.25, 0.3) is 22.0 Å². The zero-order chi connectivity index (χ0) is 17.1. The van der Waals surface area contributed by atoms with Crippen molar-refractivity contribution in [1.82, 2.24) is 4.98 Å². The van der Waals surface area contributed by atoms with Crippen LogP contribution in [0, 0.1) is 0 Å². The molecule has 0 fully saturated rings. The lowest BCUT2D eigenvalue weighted by atomic mass is 9.94. The molecule has 0 amide bonds. The monoisotopic (exact) mass is 341 g/mol. The first-order valence-corrected chi connectivity index (χ1v) is 8.03. The number of para-hydroxylation sites is 1.